The summed E-state index contributed by atoms with van der Waals surface area (Å²) in [5, 5.41) is 0. The van der Waals surface area contributed by atoms with Crippen LogP contribution in [0.3, 0.4) is 0 Å². The number of hydrogen-bond acceptors (Lipinski definition) is 2. The summed E-state index contributed by atoms with van der Waals surface area (Å²) in [6, 6.07) is 8.78. The van der Waals surface area contributed by atoms with Gasteiger partial charge in [-0.25, -0.2) is 9.37 Å². The summed E-state index contributed by atoms with van der Waals surface area (Å²) in [5.41, 5.74) is 2.20. The van der Waals surface area contributed by atoms with Crippen molar-refractivity contribution in [1.29, 1.82) is 0 Å². The third-order valence-corrected chi connectivity index (χ3v) is 3.26. The Hall–Kier alpha value is -1.94. The Morgan fingerprint density at radius 1 is 1.16 bits per heavy atom. The van der Waals surface area contributed by atoms with E-state index >= 15 is 0 Å². The lowest BCUT2D eigenvalue weighted by Gasteiger charge is -2.07. The van der Waals surface area contributed by atoms with Gasteiger partial charge in [-0.2, -0.15) is 0 Å². The highest BCUT2D eigenvalue weighted by molar-refractivity contribution is 6.16. The molecular formula is C14H11ClFN3. The average Bonchev–Trinajstić information content (AvgIpc) is 2.80. The topological polar surface area (TPSA) is 30.7 Å². The van der Waals surface area contributed by atoms with Crippen molar-refractivity contribution in [3.05, 3.63) is 59.9 Å². The summed E-state index contributed by atoms with van der Waals surface area (Å²) in [5.74, 6) is 0.593. The van der Waals surface area contributed by atoms with Crippen LogP contribution >= 0.6 is 11.6 Å². The first-order valence-electron chi connectivity index (χ1n) is 5.88. The molecule has 0 aliphatic rings. The zero-order chi connectivity index (χ0) is 13.2. The first-order valence-corrected chi connectivity index (χ1v) is 6.41. The molecule has 96 valence electrons. The summed E-state index contributed by atoms with van der Waals surface area (Å²) >= 11 is 5.90. The molecule has 0 unspecified atom stereocenters. The van der Waals surface area contributed by atoms with Gasteiger partial charge in [-0.3, -0.25) is 4.98 Å². The minimum Gasteiger partial charge on any atom is -0.322 e. The van der Waals surface area contributed by atoms with Crippen LogP contribution in [0.4, 0.5) is 4.39 Å². The van der Waals surface area contributed by atoms with Crippen molar-refractivity contribution in [2.24, 2.45) is 0 Å². The molecule has 19 heavy (non-hydrogen) atoms. The van der Waals surface area contributed by atoms with E-state index in [1.165, 1.54) is 6.07 Å². The van der Waals surface area contributed by atoms with Crippen LogP contribution in [0.5, 0.6) is 0 Å². The minimum atomic E-state index is -0.322. The molecule has 0 fully saturated rings. The molecule has 3 rings (SSSR count). The molecule has 3 nitrogen and oxygen atoms in total. The van der Waals surface area contributed by atoms with Crippen molar-refractivity contribution in [3.63, 3.8) is 0 Å². The first-order chi connectivity index (χ1) is 9.29. The molecule has 0 N–H and O–H groups in total. The van der Waals surface area contributed by atoms with Crippen molar-refractivity contribution >= 4 is 22.6 Å². The van der Waals surface area contributed by atoms with Crippen LogP contribution in [0.1, 0.15) is 11.4 Å². The van der Waals surface area contributed by atoms with E-state index < -0.39 is 0 Å². The van der Waals surface area contributed by atoms with E-state index in [9.17, 15) is 4.39 Å². The zero-order valence-electron chi connectivity index (χ0n) is 10.1. The summed E-state index contributed by atoms with van der Waals surface area (Å²) in [4.78, 5) is 8.25. The third kappa shape index (κ3) is 2.19. The van der Waals surface area contributed by atoms with Crippen molar-refractivity contribution in [2.75, 3.05) is 0 Å². The van der Waals surface area contributed by atoms with Crippen LogP contribution in [0.15, 0.2) is 42.7 Å². The predicted molar refractivity (Wildman–Crippen MR) is 72.6 cm³/mol. The second-order valence-corrected chi connectivity index (χ2v) is 4.48. The maximum Gasteiger partial charge on any atom is 0.151 e. The number of halogens is 2. The molecule has 5 heteroatoms. The summed E-state index contributed by atoms with van der Waals surface area (Å²) in [6.07, 6.45) is 3.46. The number of fused-ring (bicyclic) bond motifs is 1. The highest BCUT2D eigenvalue weighted by Gasteiger charge is 2.13. The fourth-order valence-electron chi connectivity index (χ4n) is 2.11. The maximum absolute atomic E-state index is 13.7. The van der Waals surface area contributed by atoms with Crippen molar-refractivity contribution in [3.8, 4) is 0 Å². The van der Waals surface area contributed by atoms with Gasteiger partial charge in [0.05, 0.1) is 11.4 Å². The van der Waals surface area contributed by atoms with Gasteiger partial charge in [0.15, 0.2) is 5.82 Å². The zero-order valence-corrected chi connectivity index (χ0v) is 10.8. The number of para-hydroxylation sites is 1. The maximum atomic E-state index is 13.7. The Labute approximate surface area is 114 Å². The van der Waals surface area contributed by atoms with Gasteiger partial charge in [0, 0.05) is 18.9 Å². The van der Waals surface area contributed by atoms with E-state index in [0.717, 1.165) is 11.1 Å². The lowest BCUT2D eigenvalue weighted by molar-refractivity contribution is 0.637. The highest BCUT2D eigenvalue weighted by atomic mass is 35.5. The number of nitrogens with zero attached hydrogens (tertiary/aromatic N) is 3. The number of rotatable bonds is 3. The van der Waals surface area contributed by atoms with Crippen LogP contribution in [0, 0.1) is 5.82 Å². The summed E-state index contributed by atoms with van der Waals surface area (Å²) < 4.78 is 15.7. The van der Waals surface area contributed by atoms with Gasteiger partial charge in [0.1, 0.15) is 11.3 Å². The number of hydrogen-bond donors (Lipinski definition) is 0. The first kappa shape index (κ1) is 12.1. The molecule has 0 atom stereocenters. The third-order valence-electron chi connectivity index (χ3n) is 3.02. The van der Waals surface area contributed by atoms with Gasteiger partial charge in [-0.05, 0) is 29.8 Å². The van der Waals surface area contributed by atoms with Crippen molar-refractivity contribution in [1.82, 2.24) is 14.5 Å². The summed E-state index contributed by atoms with van der Waals surface area (Å²) in [7, 11) is 0. The van der Waals surface area contributed by atoms with E-state index in [1.807, 2.05) is 22.8 Å². The van der Waals surface area contributed by atoms with Gasteiger partial charge < -0.3 is 4.57 Å². The van der Waals surface area contributed by atoms with Crippen molar-refractivity contribution < 1.29 is 4.39 Å². The van der Waals surface area contributed by atoms with E-state index in [2.05, 4.69) is 9.97 Å². The second kappa shape index (κ2) is 4.97. The number of benzene rings is 1. The van der Waals surface area contributed by atoms with Gasteiger partial charge in [0.2, 0.25) is 0 Å². The average molecular weight is 276 g/mol. The van der Waals surface area contributed by atoms with E-state index in [0.29, 0.717) is 17.9 Å². The SMILES string of the molecule is Fc1cccc2c1nc(CCl)n2Cc1ccncc1. The van der Waals surface area contributed by atoms with E-state index in [-0.39, 0.29) is 11.7 Å². The molecular weight excluding hydrogens is 265 g/mol. The smallest absolute Gasteiger partial charge is 0.151 e. The quantitative estimate of drug-likeness (QED) is 0.686. The molecule has 0 saturated heterocycles. The fourth-order valence-corrected chi connectivity index (χ4v) is 2.31. The number of imidazole rings is 1. The second-order valence-electron chi connectivity index (χ2n) is 4.21. The van der Waals surface area contributed by atoms with Gasteiger partial charge in [-0.15, -0.1) is 11.6 Å². The predicted octanol–water partition coefficient (Wildman–Crippen LogP) is 3.36. The molecule has 0 aliphatic heterocycles. The lowest BCUT2D eigenvalue weighted by Crippen LogP contribution is -2.03. The number of aromatic nitrogens is 3. The van der Waals surface area contributed by atoms with E-state index in [1.54, 1.807) is 18.5 Å². The Kier molecular flexibility index (Phi) is 3.17. The Morgan fingerprint density at radius 2 is 1.95 bits per heavy atom. The Bertz CT molecular complexity index is 709. The molecule has 0 aliphatic carbocycles. The van der Waals surface area contributed by atoms with Crippen LogP contribution in [0.2, 0.25) is 0 Å². The molecule has 1 aromatic carbocycles. The van der Waals surface area contributed by atoms with Crippen LogP contribution in [-0.2, 0) is 12.4 Å². The lowest BCUT2D eigenvalue weighted by atomic mass is 10.2. The Morgan fingerprint density at radius 3 is 2.68 bits per heavy atom. The van der Waals surface area contributed by atoms with Crippen LogP contribution in [0.25, 0.3) is 11.0 Å². The molecule has 0 bridgehead atoms. The fraction of sp³-hybridized carbons (Fsp3) is 0.143. The van der Waals surface area contributed by atoms with Crippen LogP contribution < -0.4 is 0 Å². The highest BCUT2D eigenvalue weighted by Crippen LogP contribution is 2.21. The standard InChI is InChI=1S/C14H11ClFN3/c15-8-13-18-14-11(16)2-1-3-12(14)19(13)9-10-4-6-17-7-5-10/h1-7H,8-9H2. The molecule has 0 amide bonds. The molecule has 2 aromatic heterocycles. The molecule has 0 radical (unpaired) electrons. The largest absolute Gasteiger partial charge is 0.322 e. The van der Waals surface area contributed by atoms with Crippen LogP contribution in [-0.4, -0.2) is 14.5 Å². The summed E-state index contributed by atoms with van der Waals surface area (Å²) in [6.45, 7) is 0.602. The molecule has 2 heterocycles. The molecule has 3 aromatic rings. The van der Waals surface area contributed by atoms with E-state index in [4.69, 9.17) is 11.6 Å². The molecule has 0 saturated carbocycles. The Balaban J connectivity index is 2.14. The monoisotopic (exact) mass is 275 g/mol. The van der Waals surface area contributed by atoms with Crippen molar-refractivity contribution in [2.45, 2.75) is 12.4 Å². The normalized spacial score (nSPS) is 11.1. The minimum absolute atomic E-state index is 0.249. The molecule has 0 spiro atoms. The van der Waals surface area contributed by atoms with Gasteiger partial charge in [0.25, 0.3) is 0 Å². The number of pyridine rings is 1. The van der Waals surface area contributed by atoms with Gasteiger partial charge in [-0.1, -0.05) is 6.07 Å². The van der Waals surface area contributed by atoms with Gasteiger partial charge >= 0.3 is 0 Å². The number of alkyl halides is 1.